The van der Waals surface area contributed by atoms with Crippen LogP contribution in [-0.4, -0.2) is 12.6 Å². The maximum atomic E-state index is 2.56. The quantitative estimate of drug-likeness (QED) is 0.515. The van der Waals surface area contributed by atoms with E-state index in [0.29, 0.717) is 6.04 Å². The first kappa shape index (κ1) is 16.6. The average molecular weight is 417 g/mol. The van der Waals surface area contributed by atoms with E-state index in [1.54, 1.807) is 0 Å². The van der Waals surface area contributed by atoms with Crippen molar-refractivity contribution in [3.05, 3.63) is 74.4 Å². The molecular weight excluding hydrogens is 393 g/mol. The summed E-state index contributed by atoms with van der Waals surface area (Å²) < 4.78 is 1.32. The average Bonchev–Trinajstić information content (AvgIpc) is 2.56. The number of halogens is 1. The monoisotopic (exact) mass is 417 g/mol. The molecule has 0 bridgehead atoms. The smallest absolute Gasteiger partial charge is 0.0519 e. The fourth-order valence-corrected chi connectivity index (χ4v) is 3.99. The van der Waals surface area contributed by atoms with Gasteiger partial charge in [-0.3, -0.25) is 0 Å². The second kappa shape index (κ2) is 7.08. The minimum Gasteiger partial charge on any atom is -0.361 e. The molecule has 1 aromatic carbocycles. The highest BCUT2D eigenvalue weighted by Crippen LogP contribution is 2.31. The van der Waals surface area contributed by atoms with Crippen molar-refractivity contribution in [2.24, 2.45) is 0 Å². The van der Waals surface area contributed by atoms with Crippen LogP contribution in [0.2, 0.25) is 0 Å². The molecule has 3 rings (SSSR count). The Morgan fingerprint density at radius 2 is 2.00 bits per heavy atom. The number of allylic oxidation sites excluding steroid dienone is 5. The normalized spacial score (nSPS) is 25.1. The zero-order valence-corrected chi connectivity index (χ0v) is 16.3. The van der Waals surface area contributed by atoms with Crippen LogP contribution in [0.5, 0.6) is 0 Å². The van der Waals surface area contributed by atoms with E-state index in [4.69, 9.17) is 0 Å². The van der Waals surface area contributed by atoms with Crippen molar-refractivity contribution >= 4 is 28.3 Å². The molecule has 1 unspecified atom stereocenters. The highest BCUT2D eigenvalue weighted by molar-refractivity contribution is 14.1. The third-order valence-electron chi connectivity index (χ3n) is 4.50. The van der Waals surface area contributed by atoms with Gasteiger partial charge in [0.15, 0.2) is 0 Å². The van der Waals surface area contributed by atoms with Crippen LogP contribution in [0.4, 0.5) is 5.69 Å². The molecule has 23 heavy (non-hydrogen) atoms. The summed E-state index contributed by atoms with van der Waals surface area (Å²) >= 11 is 2.43. The van der Waals surface area contributed by atoms with Crippen LogP contribution in [0.25, 0.3) is 0 Å². The van der Waals surface area contributed by atoms with E-state index in [1.807, 2.05) is 0 Å². The van der Waals surface area contributed by atoms with Crippen molar-refractivity contribution in [1.29, 1.82) is 0 Å². The molecule has 0 spiro atoms. The van der Waals surface area contributed by atoms with Crippen molar-refractivity contribution in [3.8, 4) is 0 Å². The molecule has 2 aliphatic rings. The summed E-state index contributed by atoms with van der Waals surface area (Å²) in [6, 6.07) is 7.34. The van der Waals surface area contributed by atoms with Crippen molar-refractivity contribution < 1.29 is 0 Å². The molecule has 0 saturated carbocycles. The molecule has 1 nitrogen and oxygen atoms in total. The summed E-state index contributed by atoms with van der Waals surface area (Å²) in [5, 5.41) is 0. The summed E-state index contributed by atoms with van der Waals surface area (Å²) in [4.78, 5) is 2.56. The van der Waals surface area contributed by atoms with Gasteiger partial charge in [0.1, 0.15) is 0 Å². The Morgan fingerprint density at radius 1 is 1.17 bits per heavy atom. The third-order valence-corrected chi connectivity index (χ3v) is 5.30. The second-order valence-electron chi connectivity index (χ2n) is 6.65. The molecule has 0 amide bonds. The summed E-state index contributed by atoms with van der Waals surface area (Å²) in [5.41, 5.74) is 7.00. The van der Waals surface area contributed by atoms with Crippen LogP contribution in [0.15, 0.2) is 63.3 Å². The van der Waals surface area contributed by atoms with Gasteiger partial charge in [-0.2, -0.15) is 0 Å². The van der Waals surface area contributed by atoms with Crippen LogP contribution < -0.4 is 4.90 Å². The summed E-state index contributed by atoms with van der Waals surface area (Å²) in [6.45, 7) is 7.60. The molecule has 1 atom stereocenters. The van der Waals surface area contributed by atoms with E-state index in [-0.39, 0.29) is 0 Å². The Kier molecular flexibility index (Phi) is 5.10. The molecule has 0 saturated heterocycles. The molecule has 2 heteroatoms. The lowest BCUT2D eigenvalue weighted by Crippen LogP contribution is -2.36. The summed E-state index contributed by atoms with van der Waals surface area (Å²) in [7, 11) is 0. The standard InChI is InChI=1S/C21H24IN/c1-15-6-9-21-18(12-15)7-8-19(22)5-4-10-23(21)20-13-16(2)11-17(3)14-20/h4-6,8-9,11-13,20H,7,10,14H2,1-3H3/b5-4-,19-8+. The SMILES string of the molecule is CC1=CC(N2C/C=C\C(I)=C/Cc3cc(C)ccc32)CC(C)=C1. The fourth-order valence-electron chi connectivity index (χ4n) is 3.51. The molecule has 0 fully saturated rings. The van der Waals surface area contributed by atoms with Crippen LogP contribution in [0.3, 0.4) is 0 Å². The van der Waals surface area contributed by atoms with E-state index in [9.17, 15) is 0 Å². The van der Waals surface area contributed by atoms with Crippen molar-refractivity contribution in [1.82, 2.24) is 0 Å². The van der Waals surface area contributed by atoms with Crippen molar-refractivity contribution in [2.45, 2.75) is 39.7 Å². The summed E-state index contributed by atoms with van der Waals surface area (Å²) in [5.74, 6) is 0. The minimum absolute atomic E-state index is 0.446. The molecule has 0 N–H and O–H groups in total. The van der Waals surface area contributed by atoms with Crippen LogP contribution in [-0.2, 0) is 6.42 Å². The minimum atomic E-state index is 0.446. The lowest BCUT2D eigenvalue weighted by molar-refractivity contribution is 0.696. The predicted octanol–water partition coefficient (Wildman–Crippen LogP) is 5.90. The highest BCUT2D eigenvalue weighted by Gasteiger charge is 2.21. The summed E-state index contributed by atoms with van der Waals surface area (Å²) in [6.07, 6.45) is 13.7. The topological polar surface area (TPSA) is 3.24 Å². The molecule has 1 aliphatic heterocycles. The number of nitrogens with zero attached hydrogens (tertiary/aromatic N) is 1. The van der Waals surface area contributed by atoms with E-state index in [0.717, 1.165) is 19.4 Å². The van der Waals surface area contributed by atoms with Gasteiger partial charge >= 0.3 is 0 Å². The van der Waals surface area contributed by atoms with Crippen molar-refractivity contribution in [2.75, 3.05) is 11.4 Å². The predicted molar refractivity (Wildman–Crippen MR) is 109 cm³/mol. The number of benzene rings is 1. The van der Waals surface area contributed by atoms with Crippen molar-refractivity contribution in [3.63, 3.8) is 0 Å². The second-order valence-corrected chi connectivity index (χ2v) is 7.90. The Labute approximate surface area is 153 Å². The molecular formula is C21H24IN. The molecule has 1 heterocycles. The zero-order valence-electron chi connectivity index (χ0n) is 14.1. The number of aryl methyl sites for hydroxylation is 1. The first-order valence-electron chi connectivity index (χ1n) is 8.27. The van der Waals surface area contributed by atoms with Gasteiger partial charge in [-0.05, 0) is 67.8 Å². The number of hydrogen-bond donors (Lipinski definition) is 0. The lowest BCUT2D eigenvalue weighted by atomic mass is 9.94. The Hall–Kier alpha value is -1.29. The van der Waals surface area contributed by atoms with Gasteiger partial charge < -0.3 is 4.90 Å². The molecule has 0 aromatic heterocycles. The van der Waals surface area contributed by atoms with E-state index in [1.165, 1.54) is 31.5 Å². The third kappa shape index (κ3) is 3.97. The zero-order chi connectivity index (χ0) is 16.4. The van der Waals surface area contributed by atoms with Crippen LogP contribution in [0, 0.1) is 6.92 Å². The van der Waals surface area contributed by atoms with E-state index in [2.05, 4.69) is 96.8 Å². The molecule has 120 valence electrons. The Balaban J connectivity index is 2.03. The number of anilines is 1. The van der Waals surface area contributed by atoms with Crippen LogP contribution >= 0.6 is 22.6 Å². The van der Waals surface area contributed by atoms with Crippen LogP contribution in [0.1, 0.15) is 31.4 Å². The van der Waals surface area contributed by atoms with Gasteiger partial charge in [0.25, 0.3) is 0 Å². The Bertz CT molecular complexity index is 721. The first-order chi connectivity index (χ1) is 11.0. The molecule has 0 radical (unpaired) electrons. The number of rotatable bonds is 1. The van der Waals surface area contributed by atoms with Gasteiger partial charge in [0.05, 0.1) is 6.04 Å². The molecule has 1 aliphatic carbocycles. The van der Waals surface area contributed by atoms with E-state index < -0.39 is 0 Å². The van der Waals surface area contributed by atoms with E-state index >= 15 is 0 Å². The lowest BCUT2D eigenvalue weighted by Gasteiger charge is -2.35. The van der Waals surface area contributed by atoms with Gasteiger partial charge in [-0.25, -0.2) is 0 Å². The fraction of sp³-hybridized carbons (Fsp3) is 0.333. The van der Waals surface area contributed by atoms with Gasteiger partial charge in [0.2, 0.25) is 0 Å². The molecule has 1 aromatic rings. The Morgan fingerprint density at radius 3 is 2.78 bits per heavy atom. The van der Waals surface area contributed by atoms with Gasteiger partial charge in [0, 0.05) is 15.8 Å². The largest absolute Gasteiger partial charge is 0.361 e. The van der Waals surface area contributed by atoms with Gasteiger partial charge in [-0.1, -0.05) is 59.2 Å². The highest BCUT2D eigenvalue weighted by atomic mass is 127. The maximum absolute atomic E-state index is 2.56. The number of fused-ring (bicyclic) bond motifs is 1. The van der Waals surface area contributed by atoms with Gasteiger partial charge in [-0.15, -0.1) is 0 Å². The maximum Gasteiger partial charge on any atom is 0.0519 e. The first-order valence-corrected chi connectivity index (χ1v) is 9.35. The number of hydrogen-bond acceptors (Lipinski definition) is 1.